The number of hydrogen-bond donors (Lipinski definition) is 4. The van der Waals surface area contributed by atoms with Crippen molar-refractivity contribution in [3.63, 3.8) is 0 Å². The summed E-state index contributed by atoms with van der Waals surface area (Å²) in [6.07, 6.45) is -4.54. The van der Waals surface area contributed by atoms with Crippen LogP contribution in [0.1, 0.15) is 40.3 Å². The molecule has 0 saturated carbocycles. The Morgan fingerprint density at radius 2 is 1.81 bits per heavy atom. The first kappa shape index (κ1) is 25.2. The zero-order valence-corrected chi connectivity index (χ0v) is 19.0. The van der Waals surface area contributed by atoms with Gasteiger partial charge in [-0.1, -0.05) is 19.1 Å². The first-order valence-corrected chi connectivity index (χ1v) is 11.0. The third-order valence-corrected chi connectivity index (χ3v) is 5.78. The van der Waals surface area contributed by atoms with Crippen molar-refractivity contribution in [1.29, 1.82) is 0 Å². The number of nitrogens with one attached hydrogen (secondary N) is 1. The lowest BCUT2D eigenvalue weighted by molar-refractivity contribution is -0.145. The SMILES string of the molecule is CC[C@H](O)[C@@H](N)C(=O)ONc1ccn([C@@H]2O[C@H](CO)[C@H]3OC(=O)c4ccccc4C(=O)O[C@H]32)c(=O)n1. The highest BCUT2D eigenvalue weighted by molar-refractivity contribution is 6.03. The molecule has 0 spiro atoms. The monoisotopic (exact) mass is 504 g/mol. The van der Waals surface area contributed by atoms with Crippen LogP contribution in [0.5, 0.6) is 0 Å². The summed E-state index contributed by atoms with van der Waals surface area (Å²) in [5, 5.41) is 19.4. The van der Waals surface area contributed by atoms with Crippen LogP contribution in [0.25, 0.3) is 0 Å². The molecule has 0 unspecified atom stereocenters. The molecule has 4 rings (SSSR count). The van der Waals surface area contributed by atoms with E-state index in [2.05, 4.69) is 10.5 Å². The Kier molecular flexibility index (Phi) is 7.30. The summed E-state index contributed by atoms with van der Waals surface area (Å²) < 4.78 is 17.7. The van der Waals surface area contributed by atoms with Crippen molar-refractivity contribution < 1.29 is 43.6 Å². The normalized spacial score (nSPS) is 24.8. The van der Waals surface area contributed by atoms with Crippen LogP contribution in [0.4, 0.5) is 5.82 Å². The summed E-state index contributed by atoms with van der Waals surface area (Å²) in [5.41, 5.74) is 6.82. The molecule has 0 aliphatic carbocycles. The van der Waals surface area contributed by atoms with E-state index in [-0.39, 0.29) is 23.4 Å². The van der Waals surface area contributed by atoms with Crippen molar-refractivity contribution in [3.8, 4) is 0 Å². The summed E-state index contributed by atoms with van der Waals surface area (Å²) in [6, 6.07) is 5.87. The quantitative estimate of drug-likeness (QED) is 0.200. The molecule has 2 aliphatic rings. The molecule has 36 heavy (non-hydrogen) atoms. The van der Waals surface area contributed by atoms with Gasteiger partial charge in [-0.05, 0) is 18.6 Å². The average molecular weight is 504 g/mol. The number of rotatable bonds is 7. The predicted molar refractivity (Wildman–Crippen MR) is 118 cm³/mol. The minimum absolute atomic E-state index is 0.00364. The lowest BCUT2D eigenvalue weighted by Crippen LogP contribution is -2.44. The van der Waals surface area contributed by atoms with Crippen molar-refractivity contribution in [2.45, 2.75) is 50.0 Å². The van der Waals surface area contributed by atoms with E-state index in [9.17, 15) is 29.4 Å². The Morgan fingerprint density at radius 1 is 1.17 bits per heavy atom. The summed E-state index contributed by atoms with van der Waals surface area (Å²) in [7, 11) is 0. The lowest BCUT2D eigenvalue weighted by Gasteiger charge is -2.27. The molecule has 2 aromatic rings. The molecule has 0 bridgehead atoms. The van der Waals surface area contributed by atoms with Gasteiger partial charge in [0.15, 0.2) is 24.3 Å². The summed E-state index contributed by atoms with van der Waals surface area (Å²) in [4.78, 5) is 58.6. The first-order valence-electron chi connectivity index (χ1n) is 11.0. The van der Waals surface area contributed by atoms with E-state index in [0.717, 1.165) is 4.57 Å². The number of aliphatic hydroxyl groups is 2. The number of benzene rings is 1. The van der Waals surface area contributed by atoms with Crippen LogP contribution >= 0.6 is 0 Å². The number of nitrogens with two attached hydrogens (primary N) is 1. The second-order valence-corrected chi connectivity index (χ2v) is 8.06. The van der Waals surface area contributed by atoms with Crippen molar-refractivity contribution in [1.82, 2.24) is 9.55 Å². The van der Waals surface area contributed by atoms with E-state index >= 15 is 0 Å². The third-order valence-electron chi connectivity index (χ3n) is 5.78. The van der Waals surface area contributed by atoms with Gasteiger partial charge in [-0.15, -0.1) is 0 Å². The Hall–Kier alpha value is -3.85. The maximum atomic E-state index is 12.8. The number of carbonyl (C=O) groups excluding carboxylic acids is 3. The fourth-order valence-corrected chi connectivity index (χ4v) is 3.80. The summed E-state index contributed by atoms with van der Waals surface area (Å²) in [6.45, 7) is 1.04. The van der Waals surface area contributed by atoms with E-state index in [1.54, 1.807) is 19.1 Å². The number of nitrogens with zero attached hydrogens (tertiary/aromatic N) is 2. The molecule has 0 radical (unpaired) electrons. The summed E-state index contributed by atoms with van der Waals surface area (Å²) >= 11 is 0. The second-order valence-electron chi connectivity index (χ2n) is 8.06. The molecule has 2 aliphatic heterocycles. The number of ether oxygens (including phenoxy) is 3. The number of carbonyl (C=O) groups is 3. The van der Waals surface area contributed by atoms with E-state index in [1.807, 2.05) is 0 Å². The van der Waals surface area contributed by atoms with Gasteiger partial charge in [0.1, 0.15) is 12.1 Å². The van der Waals surface area contributed by atoms with E-state index in [0.29, 0.717) is 0 Å². The number of aliphatic hydroxyl groups excluding tert-OH is 2. The predicted octanol–water partition coefficient (Wildman–Crippen LogP) is -1.13. The van der Waals surface area contributed by atoms with Gasteiger partial charge in [0.2, 0.25) is 0 Å². The Balaban J connectivity index is 1.56. The van der Waals surface area contributed by atoms with Gasteiger partial charge in [0.25, 0.3) is 0 Å². The molecule has 14 nitrogen and oxygen atoms in total. The maximum Gasteiger partial charge on any atom is 0.351 e. The van der Waals surface area contributed by atoms with Gasteiger partial charge in [-0.3, -0.25) is 4.57 Å². The largest absolute Gasteiger partial charge is 0.452 e. The van der Waals surface area contributed by atoms with E-state index < -0.39 is 66.9 Å². The van der Waals surface area contributed by atoms with Gasteiger partial charge in [-0.2, -0.15) is 4.98 Å². The Labute approximate surface area is 203 Å². The highest BCUT2D eigenvalue weighted by Gasteiger charge is 2.52. The summed E-state index contributed by atoms with van der Waals surface area (Å²) in [5.74, 6) is -2.77. The molecule has 1 aromatic heterocycles. The van der Waals surface area contributed by atoms with Crippen LogP contribution in [-0.4, -0.2) is 74.7 Å². The van der Waals surface area contributed by atoms with Crippen molar-refractivity contribution in [3.05, 3.63) is 58.1 Å². The zero-order chi connectivity index (χ0) is 26.0. The van der Waals surface area contributed by atoms with Crippen LogP contribution < -0.4 is 16.9 Å². The van der Waals surface area contributed by atoms with Gasteiger partial charge in [0.05, 0.1) is 23.8 Å². The number of aromatic nitrogens is 2. The molecular weight excluding hydrogens is 480 g/mol. The highest BCUT2D eigenvalue weighted by atomic mass is 16.7. The van der Waals surface area contributed by atoms with Gasteiger partial charge in [0, 0.05) is 12.3 Å². The fraction of sp³-hybridized carbons (Fsp3) is 0.409. The minimum Gasteiger partial charge on any atom is -0.452 e. The molecule has 1 fully saturated rings. The van der Waals surface area contributed by atoms with Crippen LogP contribution in [-0.2, 0) is 23.8 Å². The highest BCUT2D eigenvalue weighted by Crippen LogP contribution is 2.35. The molecule has 3 heterocycles. The molecule has 1 saturated heterocycles. The zero-order valence-electron chi connectivity index (χ0n) is 19.0. The van der Waals surface area contributed by atoms with Crippen molar-refractivity contribution >= 4 is 23.7 Å². The third kappa shape index (κ3) is 4.79. The Bertz CT molecular complexity index is 1220. The Morgan fingerprint density at radius 3 is 2.39 bits per heavy atom. The molecule has 6 atom stereocenters. The molecule has 14 heteroatoms. The lowest BCUT2D eigenvalue weighted by atomic mass is 10.0. The van der Waals surface area contributed by atoms with E-state index in [4.69, 9.17) is 24.8 Å². The minimum atomic E-state index is -1.30. The number of fused-ring (bicyclic) bond motifs is 2. The van der Waals surface area contributed by atoms with E-state index in [1.165, 1.54) is 24.4 Å². The van der Waals surface area contributed by atoms with Gasteiger partial charge < -0.3 is 35.0 Å². The molecule has 1 aromatic carbocycles. The first-order chi connectivity index (χ1) is 17.2. The second kappa shape index (κ2) is 10.4. The van der Waals surface area contributed by atoms with Crippen LogP contribution in [0.15, 0.2) is 41.3 Å². The number of esters is 2. The molecule has 0 amide bonds. The topological polar surface area (TPSA) is 202 Å². The van der Waals surface area contributed by atoms with Crippen LogP contribution in [0.3, 0.4) is 0 Å². The van der Waals surface area contributed by atoms with Crippen molar-refractivity contribution in [2.75, 3.05) is 12.1 Å². The molecule has 192 valence electrons. The van der Waals surface area contributed by atoms with Crippen LogP contribution in [0, 0.1) is 0 Å². The fourth-order valence-electron chi connectivity index (χ4n) is 3.80. The standard InChI is InChI=1S/C22H24N4O10/c1-2-12(28)15(23)21(31)36-25-14-7-8-26(22(32)24-14)18-17-16(13(9-27)33-18)34-19(29)10-5-3-4-6-11(10)20(30)35-17/h3-8,12-13,15-18,27-28H,2,9,23H2,1H3,(H,24,25,32)/t12-,13+,15+,16+,17+,18+/m0/s1. The smallest absolute Gasteiger partial charge is 0.351 e. The molecule has 5 N–H and O–H groups in total. The van der Waals surface area contributed by atoms with Gasteiger partial charge >= 0.3 is 23.6 Å². The van der Waals surface area contributed by atoms with Gasteiger partial charge in [-0.25, -0.2) is 24.7 Å². The van der Waals surface area contributed by atoms with Crippen molar-refractivity contribution in [2.24, 2.45) is 5.73 Å². The maximum absolute atomic E-state index is 12.8. The number of hydrogen-bond acceptors (Lipinski definition) is 13. The van der Waals surface area contributed by atoms with Crippen LogP contribution in [0.2, 0.25) is 0 Å². The number of anilines is 1. The average Bonchev–Trinajstić information content (AvgIpc) is 3.21. The molecular formula is C22H24N4O10.